The smallest absolute Gasteiger partial charge is 0.118 e. The molecular weight excluding hydrogens is 292 g/mol. The molecule has 3 rings (SSSR count). The van der Waals surface area contributed by atoms with Gasteiger partial charge in [-0.05, 0) is 54.3 Å². The third-order valence-electron chi connectivity index (χ3n) is 4.16. The number of hydrogen-bond acceptors (Lipinski definition) is 1. The Balaban J connectivity index is 2.10. The van der Waals surface area contributed by atoms with Crippen LogP contribution in [0.4, 0.5) is 0 Å². The first-order valence-corrected chi connectivity index (χ1v) is 8.07. The highest BCUT2D eigenvalue weighted by molar-refractivity contribution is 5.50. The largest absolute Gasteiger partial charge is 0.508 e. The van der Waals surface area contributed by atoms with E-state index in [1.807, 2.05) is 74.5 Å². The fraction of sp³-hybridized carbons (Fsp3) is 0.130. The van der Waals surface area contributed by atoms with Crippen molar-refractivity contribution in [3.05, 3.63) is 101 Å². The first-order valence-electron chi connectivity index (χ1n) is 8.07. The molecule has 0 radical (unpaired) electrons. The van der Waals surface area contributed by atoms with Crippen LogP contribution in [0.5, 0.6) is 5.75 Å². The van der Waals surface area contributed by atoms with E-state index in [1.165, 1.54) is 0 Å². The van der Waals surface area contributed by atoms with Crippen LogP contribution < -0.4 is 0 Å². The minimum Gasteiger partial charge on any atom is -0.508 e. The van der Waals surface area contributed by atoms with E-state index in [1.54, 1.807) is 0 Å². The van der Waals surface area contributed by atoms with Crippen LogP contribution in [-0.4, -0.2) is 5.11 Å². The van der Waals surface area contributed by atoms with Crippen molar-refractivity contribution in [2.45, 2.75) is 19.8 Å². The second kappa shape index (κ2) is 7.06. The van der Waals surface area contributed by atoms with E-state index in [2.05, 4.69) is 24.0 Å². The van der Waals surface area contributed by atoms with E-state index in [0.717, 1.165) is 27.8 Å². The topological polar surface area (TPSA) is 20.2 Å². The molecule has 0 spiro atoms. The van der Waals surface area contributed by atoms with Crippen LogP contribution in [-0.2, 0) is 0 Å². The highest BCUT2D eigenvalue weighted by atomic mass is 16.3. The Bertz CT molecular complexity index is 884. The lowest BCUT2D eigenvalue weighted by molar-refractivity contribution is 0.470. The summed E-state index contributed by atoms with van der Waals surface area (Å²) in [4.78, 5) is 0. The summed E-state index contributed by atoms with van der Waals surface area (Å²) in [7, 11) is 0. The van der Waals surface area contributed by atoms with Gasteiger partial charge in [0.2, 0.25) is 0 Å². The van der Waals surface area contributed by atoms with Crippen molar-refractivity contribution < 1.29 is 5.11 Å². The predicted octanol–water partition coefficient (Wildman–Crippen LogP) is 5.19. The van der Waals surface area contributed by atoms with E-state index < -0.39 is 0 Å². The number of aromatic hydroxyl groups is 1. The van der Waals surface area contributed by atoms with Crippen LogP contribution in [0.3, 0.4) is 0 Å². The van der Waals surface area contributed by atoms with Gasteiger partial charge in [-0.3, -0.25) is 0 Å². The van der Waals surface area contributed by atoms with Crippen molar-refractivity contribution in [3.8, 4) is 17.6 Å². The Morgan fingerprint density at radius 2 is 1.42 bits per heavy atom. The molecule has 24 heavy (non-hydrogen) atoms. The summed E-state index contributed by atoms with van der Waals surface area (Å²) < 4.78 is 0. The molecule has 1 N–H and O–H groups in total. The van der Waals surface area contributed by atoms with Crippen molar-refractivity contribution in [3.63, 3.8) is 0 Å². The molecule has 0 aromatic heterocycles. The van der Waals surface area contributed by atoms with Gasteiger partial charge >= 0.3 is 0 Å². The zero-order valence-electron chi connectivity index (χ0n) is 14.0. The lowest BCUT2D eigenvalue weighted by Crippen LogP contribution is -2.02. The first-order chi connectivity index (χ1) is 11.6. The Morgan fingerprint density at radius 3 is 2.08 bits per heavy atom. The lowest BCUT2D eigenvalue weighted by atomic mass is 9.87. The fourth-order valence-electron chi connectivity index (χ4n) is 2.80. The molecular formula is C23H20O. The van der Waals surface area contributed by atoms with Gasteiger partial charge in [0, 0.05) is 5.56 Å². The molecule has 0 aliphatic rings. The summed E-state index contributed by atoms with van der Waals surface area (Å²) >= 11 is 0. The van der Waals surface area contributed by atoms with Gasteiger partial charge in [-0.1, -0.05) is 66.4 Å². The molecule has 118 valence electrons. The maximum atomic E-state index is 9.95. The van der Waals surface area contributed by atoms with Crippen molar-refractivity contribution >= 4 is 0 Å². The summed E-state index contributed by atoms with van der Waals surface area (Å²) in [6.07, 6.45) is 0. The van der Waals surface area contributed by atoms with Gasteiger partial charge in [-0.2, -0.15) is 0 Å². The molecule has 0 bridgehead atoms. The fourth-order valence-corrected chi connectivity index (χ4v) is 2.80. The van der Waals surface area contributed by atoms with E-state index in [4.69, 9.17) is 0 Å². The number of phenols is 1. The quantitative estimate of drug-likeness (QED) is 0.645. The number of phenolic OH excluding ortho intramolecular Hbond substituents is 1. The van der Waals surface area contributed by atoms with E-state index in [0.29, 0.717) is 5.75 Å². The highest BCUT2D eigenvalue weighted by Crippen LogP contribution is 2.31. The standard InChI is InChI=1S/C23H20O/c1-17-16-23(24)18(2)15-22(17)21(20-11-7-4-8-12-20)14-13-19-9-5-3-6-10-19/h3-12,15-16,21,24H,1-2H3. The summed E-state index contributed by atoms with van der Waals surface area (Å²) in [5.41, 5.74) is 5.23. The van der Waals surface area contributed by atoms with Gasteiger partial charge in [0.15, 0.2) is 0 Å². The van der Waals surface area contributed by atoms with Gasteiger partial charge in [-0.15, -0.1) is 0 Å². The van der Waals surface area contributed by atoms with Crippen LogP contribution in [0, 0.1) is 25.7 Å². The van der Waals surface area contributed by atoms with Gasteiger partial charge in [0.05, 0.1) is 5.92 Å². The van der Waals surface area contributed by atoms with E-state index in [9.17, 15) is 5.11 Å². The third-order valence-corrected chi connectivity index (χ3v) is 4.16. The van der Waals surface area contributed by atoms with Crippen molar-refractivity contribution in [1.29, 1.82) is 0 Å². The molecule has 0 amide bonds. The summed E-state index contributed by atoms with van der Waals surface area (Å²) in [6.45, 7) is 3.94. The molecule has 0 aliphatic heterocycles. The van der Waals surface area contributed by atoms with E-state index >= 15 is 0 Å². The predicted molar refractivity (Wildman–Crippen MR) is 99.2 cm³/mol. The van der Waals surface area contributed by atoms with Gasteiger partial charge in [0.25, 0.3) is 0 Å². The second-order valence-corrected chi connectivity index (χ2v) is 5.97. The average molecular weight is 312 g/mol. The molecule has 0 aliphatic carbocycles. The zero-order chi connectivity index (χ0) is 16.9. The summed E-state index contributed by atoms with van der Waals surface area (Å²) in [6, 6.07) is 24.2. The lowest BCUT2D eigenvalue weighted by Gasteiger charge is -2.16. The molecule has 3 aromatic carbocycles. The molecule has 0 saturated heterocycles. The van der Waals surface area contributed by atoms with Crippen molar-refractivity contribution in [1.82, 2.24) is 0 Å². The molecule has 0 fully saturated rings. The van der Waals surface area contributed by atoms with Crippen molar-refractivity contribution in [2.75, 3.05) is 0 Å². The van der Waals surface area contributed by atoms with Crippen molar-refractivity contribution in [2.24, 2.45) is 0 Å². The average Bonchev–Trinajstić information content (AvgIpc) is 2.61. The molecule has 0 saturated carbocycles. The van der Waals surface area contributed by atoms with Gasteiger partial charge in [0.1, 0.15) is 5.75 Å². The Labute approximate surface area is 143 Å². The van der Waals surface area contributed by atoms with Crippen LogP contribution >= 0.6 is 0 Å². The normalized spacial score (nSPS) is 11.4. The van der Waals surface area contributed by atoms with Crippen LogP contribution in [0.1, 0.15) is 33.7 Å². The van der Waals surface area contributed by atoms with E-state index in [-0.39, 0.29) is 5.92 Å². The molecule has 3 aromatic rings. The maximum Gasteiger partial charge on any atom is 0.118 e. The molecule has 1 unspecified atom stereocenters. The number of aryl methyl sites for hydroxylation is 2. The summed E-state index contributed by atoms with van der Waals surface area (Å²) in [5.74, 6) is 7.02. The summed E-state index contributed by atoms with van der Waals surface area (Å²) in [5, 5.41) is 9.95. The minimum atomic E-state index is -0.0225. The minimum absolute atomic E-state index is 0.0225. The highest BCUT2D eigenvalue weighted by Gasteiger charge is 2.15. The monoisotopic (exact) mass is 312 g/mol. The molecule has 1 atom stereocenters. The Kier molecular flexibility index (Phi) is 4.68. The first kappa shape index (κ1) is 15.9. The molecule has 1 nitrogen and oxygen atoms in total. The Hall–Kier alpha value is -2.98. The number of benzene rings is 3. The van der Waals surface area contributed by atoms with Gasteiger partial charge < -0.3 is 5.11 Å². The van der Waals surface area contributed by atoms with Crippen LogP contribution in [0.2, 0.25) is 0 Å². The van der Waals surface area contributed by atoms with Crippen LogP contribution in [0.25, 0.3) is 0 Å². The molecule has 1 heteroatoms. The third kappa shape index (κ3) is 3.50. The number of hydrogen-bond donors (Lipinski definition) is 1. The SMILES string of the molecule is Cc1cc(C(C#Cc2ccccc2)c2ccccc2)c(C)cc1O. The number of rotatable bonds is 2. The second-order valence-electron chi connectivity index (χ2n) is 5.97. The van der Waals surface area contributed by atoms with Crippen LogP contribution in [0.15, 0.2) is 72.8 Å². The molecule has 0 heterocycles. The van der Waals surface area contributed by atoms with Gasteiger partial charge in [-0.25, -0.2) is 0 Å². The maximum absolute atomic E-state index is 9.95. The zero-order valence-corrected chi connectivity index (χ0v) is 14.0. The Morgan fingerprint density at radius 1 is 0.792 bits per heavy atom.